The lowest BCUT2D eigenvalue weighted by Crippen LogP contribution is -2.31. The van der Waals surface area contributed by atoms with Crippen LogP contribution in [0.25, 0.3) is 22.2 Å². The molecule has 2 heterocycles. The highest BCUT2D eigenvalue weighted by molar-refractivity contribution is 5.94. The van der Waals surface area contributed by atoms with Gasteiger partial charge < -0.3 is 10.3 Å². The van der Waals surface area contributed by atoms with Crippen molar-refractivity contribution in [3.8, 4) is 11.4 Å². The standard InChI is InChI=1S/C17H15N3O/c21-17-14-8-9-18-10-15(14)19-16(20-17)13-7-3-5-11-4-1-2-6-12(11)13/h1-7,18H,8-10H2,(H,19,20,21). The maximum atomic E-state index is 12.3. The smallest absolute Gasteiger partial charge is 0.254 e. The Morgan fingerprint density at radius 3 is 2.86 bits per heavy atom. The number of benzene rings is 2. The first-order valence-electron chi connectivity index (χ1n) is 7.14. The third-order valence-electron chi connectivity index (χ3n) is 3.99. The molecule has 2 aromatic carbocycles. The highest BCUT2D eigenvalue weighted by Gasteiger charge is 2.16. The summed E-state index contributed by atoms with van der Waals surface area (Å²) < 4.78 is 0. The normalized spacial score (nSPS) is 14.1. The highest BCUT2D eigenvalue weighted by Crippen LogP contribution is 2.26. The summed E-state index contributed by atoms with van der Waals surface area (Å²) in [6.45, 7) is 1.50. The van der Waals surface area contributed by atoms with E-state index in [1.54, 1.807) is 0 Å². The second kappa shape index (κ2) is 4.82. The van der Waals surface area contributed by atoms with Crippen LogP contribution in [0, 0.1) is 0 Å². The number of hydrogen-bond acceptors (Lipinski definition) is 3. The molecular weight excluding hydrogens is 262 g/mol. The Bertz CT molecular complexity index is 877. The number of nitrogens with zero attached hydrogens (tertiary/aromatic N) is 1. The average Bonchev–Trinajstić information content (AvgIpc) is 2.54. The van der Waals surface area contributed by atoms with Crippen molar-refractivity contribution < 1.29 is 0 Å². The molecule has 4 rings (SSSR count). The fourth-order valence-corrected chi connectivity index (χ4v) is 2.93. The molecule has 4 nitrogen and oxygen atoms in total. The summed E-state index contributed by atoms with van der Waals surface area (Å²) in [4.78, 5) is 19.9. The van der Waals surface area contributed by atoms with Gasteiger partial charge in [-0.05, 0) is 23.7 Å². The number of aromatic amines is 1. The molecule has 0 fully saturated rings. The van der Waals surface area contributed by atoms with E-state index in [2.05, 4.69) is 33.5 Å². The van der Waals surface area contributed by atoms with E-state index in [1.165, 1.54) is 0 Å². The van der Waals surface area contributed by atoms with E-state index >= 15 is 0 Å². The number of hydrogen-bond donors (Lipinski definition) is 2. The van der Waals surface area contributed by atoms with Crippen LogP contribution in [0.15, 0.2) is 47.3 Å². The Labute approximate surface area is 121 Å². The van der Waals surface area contributed by atoms with Gasteiger partial charge >= 0.3 is 0 Å². The van der Waals surface area contributed by atoms with Crippen LogP contribution in [0.4, 0.5) is 0 Å². The summed E-state index contributed by atoms with van der Waals surface area (Å²) in [6.07, 6.45) is 0.744. The Morgan fingerprint density at radius 2 is 1.90 bits per heavy atom. The van der Waals surface area contributed by atoms with Crippen molar-refractivity contribution >= 4 is 10.8 Å². The van der Waals surface area contributed by atoms with Crippen LogP contribution in [-0.2, 0) is 13.0 Å². The Hall–Kier alpha value is -2.46. The molecule has 0 saturated carbocycles. The number of fused-ring (bicyclic) bond motifs is 2. The molecule has 1 aliphatic rings. The number of nitrogens with one attached hydrogen (secondary N) is 2. The molecule has 0 radical (unpaired) electrons. The number of rotatable bonds is 1. The molecular formula is C17H15N3O. The molecule has 1 aliphatic heterocycles. The second-order valence-corrected chi connectivity index (χ2v) is 5.29. The van der Waals surface area contributed by atoms with Gasteiger partial charge in [-0.2, -0.15) is 0 Å². The molecule has 0 saturated heterocycles. The fraction of sp³-hybridized carbons (Fsp3) is 0.176. The Morgan fingerprint density at radius 1 is 1.05 bits per heavy atom. The van der Waals surface area contributed by atoms with Crippen LogP contribution in [0.1, 0.15) is 11.3 Å². The molecule has 3 aromatic rings. The van der Waals surface area contributed by atoms with Gasteiger partial charge in [0.1, 0.15) is 5.82 Å². The molecule has 104 valence electrons. The van der Waals surface area contributed by atoms with Crippen LogP contribution in [0.2, 0.25) is 0 Å². The van der Waals surface area contributed by atoms with Gasteiger partial charge in [-0.1, -0.05) is 42.5 Å². The van der Waals surface area contributed by atoms with E-state index in [0.717, 1.165) is 40.6 Å². The molecule has 4 heteroatoms. The number of aromatic nitrogens is 2. The van der Waals surface area contributed by atoms with Crippen molar-refractivity contribution in [2.75, 3.05) is 6.54 Å². The minimum absolute atomic E-state index is 0.00978. The predicted molar refractivity (Wildman–Crippen MR) is 83.2 cm³/mol. The lowest BCUT2D eigenvalue weighted by Gasteiger charge is -2.16. The molecule has 0 bridgehead atoms. The SMILES string of the molecule is O=c1[nH]c(-c2cccc3ccccc23)nc2c1CCNC2. The van der Waals surface area contributed by atoms with Crippen LogP contribution in [0.3, 0.4) is 0 Å². The molecule has 21 heavy (non-hydrogen) atoms. The zero-order chi connectivity index (χ0) is 14.2. The molecule has 0 spiro atoms. The van der Waals surface area contributed by atoms with Gasteiger partial charge in [0, 0.05) is 17.7 Å². The quantitative estimate of drug-likeness (QED) is 0.717. The largest absolute Gasteiger partial charge is 0.311 e. The summed E-state index contributed by atoms with van der Waals surface area (Å²) in [6, 6.07) is 14.2. The van der Waals surface area contributed by atoms with Crippen LogP contribution >= 0.6 is 0 Å². The molecule has 2 N–H and O–H groups in total. The maximum Gasteiger partial charge on any atom is 0.254 e. The highest BCUT2D eigenvalue weighted by atomic mass is 16.1. The molecule has 0 aliphatic carbocycles. The van der Waals surface area contributed by atoms with Gasteiger partial charge in [-0.15, -0.1) is 0 Å². The average molecular weight is 277 g/mol. The zero-order valence-electron chi connectivity index (χ0n) is 11.5. The van der Waals surface area contributed by atoms with E-state index < -0.39 is 0 Å². The van der Waals surface area contributed by atoms with Crippen LogP contribution in [0.5, 0.6) is 0 Å². The minimum Gasteiger partial charge on any atom is -0.311 e. The van der Waals surface area contributed by atoms with E-state index in [-0.39, 0.29) is 5.56 Å². The monoisotopic (exact) mass is 277 g/mol. The van der Waals surface area contributed by atoms with Crippen molar-refractivity contribution in [1.29, 1.82) is 0 Å². The van der Waals surface area contributed by atoms with Gasteiger partial charge in [0.05, 0.1) is 5.69 Å². The lowest BCUT2D eigenvalue weighted by molar-refractivity contribution is 0.619. The molecule has 1 aromatic heterocycles. The van der Waals surface area contributed by atoms with Crippen molar-refractivity contribution in [1.82, 2.24) is 15.3 Å². The summed E-state index contributed by atoms with van der Waals surface area (Å²) in [5.74, 6) is 0.652. The fourth-order valence-electron chi connectivity index (χ4n) is 2.93. The van der Waals surface area contributed by atoms with Crippen LogP contribution < -0.4 is 10.9 Å². The summed E-state index contributed by atoms with van der Waals surface area (Å²) >= 11 is 0. The first-order chi connectivity index (χ1) is 10.3. The summed E-state index contributed by atoms with van der Waals surface area (Å²) in [5.41, 5.74) is 2.65. The van der Waals surface area contributed by atoms with Crippen LogP contribution in [-0.4, -0.2) is 16.5 Å². The zero-order valence-corrected chi connectivity index (χ0v) is 11.5. The van der Waals surface area contributed by atoms with Gasteiger partial charge in [-0.3, -0.25) is 4.79 Å². The first kappa shape index (κ1) is 12.3. The van der Waals surface area contributed by atoms with Gasteiger partial charge in [-0.25, -0.2) is 4.98 Å². The third kappa shape index (κ3) is 2.04. The second-order valence-electron chi connectivity index (χ2n) is 5.29. The summed E-state index contributed by atoms with van der Waals surface area (Å²) in [5, 5.41) is 5.52. The van der Waals surface area contributed by atoms with Gasteiger partial charge in [0.25, 0.3) is 5.56 Å². The van der Waals surface area contributed by atoms with Gasteiger partial charge in [0.15, 0.2) is 0 Å². The van der Waals surface area contributed by atoms with E-state index in [0.29, 0.717) is 12.4 Å². The molecule has 0 atom stereocenters. The van der Waals surface area contributed by atoms with Crippen molar-refractivity contribution in [3.63, 3.8) is 0 Å². The van der Waals surface area contributed by atoms with E-state index in [1.807, 2.05) is 24.3 Å². The Kier molecular flexibility index (Phi) is 2.82. The minimum atomic E-state index is -0.00978. The topological polar surface area (TPSA) is 57.8 Å². The molecule has 0 unspecified atom stereocenters. The predicted octanol–water partition coefficient (Wildman–Crippen LogP) is 2.24. The maximum absolute atomic E-state index is 12.3. The third-order valence-corrected chi connectivity index (χ3v) is 3.99. The summed E-state index contributed by atoms with van der Waals surface area (Å²) in [7, 11) is 0. The first-order valence-corrected chi connectivity index (χ1v) is 7.14. The Balaban J connectivity index is 1.97. The lowest BCUT2D eigenvalue weighted by atomic mass is 10.0. The van der Waals surface area contributed by atoms with E-state index in [9.17, 15) is 4.79 Å². The number of H-pyrrole nitrogens is 1. The molecule has 0 amide bonds. The van der Waals surface area contributed by atoms with Crippen molar-refractivity contribution in [2.24, 2.45) is 0 Å². The van der Waals surface area contributed by atoms with Gasteiger partial charge in [0.2, 0.25) is 0 Å². The van der Waals surface area contributed by atoms with Crippen molar-refractivity contribution in [2.45, 2.75) is 13.0 Å². The van der Waals surface area contributed by atoms with E-state index in [4.69, 9.17) is 0 Å². The van der Waals surface area contributed by atoms with Crippen molar-refractivity contribution in [3.05, 3.63) is 64.1 Å².